The lowest BCUT2D eigenvalue weighted by atomic mass is 10.00. The van der Waals surface area contributed by atoms with E-state index in [0.717, 1.165) is 16.7 Å². The molecule has 156 valence electrons. The van der Waals surface area contributed by atoms with Gasteiger partial charge in [-0.15, -0.1) is 0 Å². The Morgan fingerprint density at radius 2 is 1.48 bits per heavy atom. The van der Waals surface area contributed by atoms with Crippen molar-refractivity contribution in [3.8, 4) is 11.1 Å². The first-order valence-electron chi connectivity index (χ1n) is 9.53. The molecule has 0 aliphatic carbocycles. The van der Waals surface area contributed by atoms with Gasteiger partial charge in [0.05, 0.1) is 4.90 Å². The molecule has 5 rings (SSSR count). The fraction of sp³-hybridized carbons (Fsp3) is 0.0400. The van der Waals surface area contributed by atoms with Crippen LogP contribution in [0.1, 0.15) is 5.56 Å². The van der Waals surface area contributed by atoms with Crippen molar-refractivity contribution in [1.29, 1.82) is 0 Å². The first-order chi connectivity index (χ1) is 14.8. The van der Waals surface area contributed by atoms with Gasteiger partial charge in [0.2, 0.25) is 0 Å². The van der Waals surface area contributed by atoms with Gasteiger partial charge in [0.15, 0.2) is 3.57 Å². The highest BCUT2D eigenvalue weighted by Crippen LogP contribution is 2.36. The number of aryl methyl sites for hydroxylation is 1. The Morgan fingerprint density at radius 1 is 0.806 bits per heavy atom. The number of fused-ring (bicyclic) bond motifs is 3. The van der Waals surface area contributed by atoms with E-state index >= 15 is 0 Å². The molecule has 4 nitrogen and oxygen atoms in total. The molecule has 0 amide bonds. The molecule has 0 fully saturated rings. The summed E-state index contributed by atoms with van der Waals surface area (Å²) in [7, 11) is -4.27. The van der Waals surface area contributed by atoms with E-state index in [4.69, 9.17) is 4.42 Å². The number of benzene rings is 4. The molecule has 0 aliphatic heterocycles. The number of furan rings is 1. The molecule has 6 heteroatoms. The van der Waals surface area contributed by atoms with E-state index in [1.807, 2.05) is 47.7 Å². The van der Waals surface area contributed by atoms with Gasteiger partial charge in [-0.05, 0) is 54.4 Å². The minimum Gasteiger partial charge on any atom is -0.744 e. The average molecular weight is 542 g/mol. The third-order valence-electron chi connectivity index (χ3n) is 4.86. The quantitative estimate of drug-likeness (QED) is 0.254. The molecular weight excluding hydrogens is 523 g/mol. The normalized spacial score (nSPS) is 11.3. The highest BCUT2D eigenvalue weighted by Gasteiger charge is 2.12. The van der Waals surface area contributed by atoms with E-state index in [1.54, 1.807) is 12.1 Å². The molecule has 0 radical (unpaired) electrons. The second-order valence-corrected chi connectivity index (χ2v) is 9.80. The molecule has 0 atom stereocenters. The summed E-state index contributed by atoms with van der Waals surface area (Å²) in [6, 6.07) is 28.9. The molecule has 0 bridgehead atoms. The Kier molecular flexibility index (Phi) is 6.13. The summed E-state index contributed by atoms with van der Waals surface area (Å²) in [5.41, 5.74) is 5.30. The van der Waals surface area contributed by atoms with Gasteiger partial charge in [-0.25, -0.2) is 8.42 Å². The van der Waals surface area contributed by atoms with Crippen molar-refractivity contribution in [2.45, 2.75) is 11.8 Å². The van der Waals surface area contributed by atoms with E-state index < -0.39 is 10.1 Å². The van der Waals surface area contributed by atoms with E-state index in [-0.39, 0.29) is 4.90 Å². The fourth-order valence-corrected chi connectivity index (χ4v) is 4.44. The fourth-order valence-electron chi connectivity index (χ4n) is 3.38. The van der Waals surface area contributed by atoms with Crippen molar-refractivity contribution in [1.82, 2.24) is 0 Å². The van der Waals surface area contributed by atoms with Crippen LogP contribution in [0.5, 0.6) is 0 Å². The number of halogens is 1. The molecular formula is C25H19IO4S. The molecule has 0 saturated heterocycles. The van der Waals surface area contributed by atoms with Gasteiger partial charge in [-0.3, -0.25) is 0 Å². The minimum absolute atomic E-state index is 0.178. The largest absolute Gasteiger partial charge is 0.744 e. The first-order valence-corrected chi connectivity index (χ1v) is 12.1. The molecule has 0 aliphatic rings. The van der Waals surface area contributed by atoms with E-state index in [2.05, 4.69) is 48.5 Å². The summed E-state index contributed by atoms with van der Waals surface area (Å²) in [6.45, 7) is 1.82. The smallest absolute Gasteiger partial charge is 0.296 e. The number of hydrogen-bond donors (Lipinski definition) is 0. The van der Waals surface area contributed by atoms with Gasteiger partial charge in [0.25, 0.3) is 22.6 Å². The van der Waals surface area contributed by atoms with Crippen LogP contribution in [0.15, 0.2) is 100 Å². The van der Waals surface area contributed by atoms with Crippen molar-refractivity contribution >= 4 is 32.1 Å². The van der Waals surface area contributed by atoms with Crippen LogP contribution in [0.25, 0.3) is 33.1 Å². The van der Waals surface area contributed by atoms with Crippen LogP contribution >= 0.6 is 0 Å². The van der Waals surface area contributed by atoms with Gasteiger partial charge in [0, 0.05) is 10.8 Å². The van der Waals surface area contributed by atoms with Gasteiger partial charge in [-0.1, -0.05) is 60.2 Å². The maximum Gasteiger partial charge on any atom is 0.296 e. The Balaban J connectivity index is 0.000000180. The maximum atomic E-state index is 10.4. The monoisotopic (exact) mass is 542 g/mol. The highest BCUT2D eigenvalue weighted by molar-refractivity contribution is 7.85. The summed E-state index contributed by atoms with van der Waals surface area (Å²) in [6.07, 6.45) is 0. The second-order valence-electron chi connectivity index (χ2n) is 7.07. The van der Waals surface area contributed by atoms with Crippen molar-refractivity contribution in [2.24, 2.45) is 0 Å². The van der Waals surface area contributed by atoms with Gasteiger partial charge in [-0.2, -0.15) is 0 Å². The van der Waals surface area contributed by atoms with E-state index in [9.17, 15) is 13.0 Å². The van der Waals surface area contributed by atoms with Crippen LogP contribution in [0, 0.1) is 10.5 Å². The minimum atomic E-state index is -4.27. The standard InChI is InChI=1S/C18H12IO.C7H8O3S/c19-13-6-3-5-12(11-13)14-8-4-10-17-18(14)15-7-1-2-9-16(15)20-17;1-6-2-4-7(5-3-6)11(8,9)10/h1-11,19H;2-5H,1H3,(H,8,9,10)/q+1;/p-1. The topological polar surface area (TPSA) is 70.3 Å². The molecule has 0 N–H and O–H groups in total. The Labute approximate surface area is 194 Å². The molecule has 1 heterocycles. The van der Waals surface area contributed by atoms with Crippen LogP contribution in [0.2, 0.25) is 0 Å². The Hall–Kier alpha value is -2.68. The van der Waals surface area contributed by atoms with Crippen LogP contribution in [-0.4, -0.2) is 13.0 Å². The molecule has 31 heavy (non-hydrogen) atoms. The summed E-state index contributed by atoms with van der Waals surface area (Å²) in [5, 5.41) is 2.38. The second kappa shape index (κ2) is 8.82. The third kappa shape index (κ3) is 4.81. The molecule has 0 saturated carbocycles. The lowest BCUT2D eigenvalue weighted by Gasteiger charge is -2.05. The van der Waals surface area contributed by atoms with Crippen molar-refractivity contribution < 1.29 is 40.0 Å². The lowest BCUT2D eigenvalue weighted by molar-refractivity contribution is -0.328. The Morgan fingerprint density at radius 3 is 2.19 bits per heavy atom. The molecule has 5 aromatic rings. The van der Waals surface area contributed by atoms with Gasteiger partial charge < -0.3 is 8.97 Å². The summed E-state index contributed by atoms with van der Waals surface area (Å²) < 4.78 is 38.4. The molecule has 0 unspecified atom stereocenters. The molecule has 1 aromatic heterocycles. The SMILES string of the molecule is Cc1ccc(S(=O)(=O)[O-])cc1.[IH+]c1cccc(-c2cccc3oc4ccccc4c23)c1. The van der Waals surface area contributed by atoms with Crippen LogP contribution in [0.4, 0.5) is 0 Å². The first kappa shape index (κ1) is 21.5. The van der Waals surface area contributed by atoms with Crippen LogP contribution in [-0.2, 0) is 10.1 Å². The molecule has 4 aromatic carbocycles. The zero-order chi connectivity index (χ0) is 22.0. The maximum absolute atomic E-state index is 10.4. The van der Waals surface area contributed by atoms with Gasteiger partial charge >= 0.3 is 0 Å². The number of hydrogen-bond acceptors (Lipinski definition) is 4. The average Bonchev–Trinajstić information content (AvgIpc) is 3.13. The lowest BCUT2D eigenvalue weighted by Crippen LogP contribution is -3.34. The summed E-state index contributed by atoms with van der Waals surface area (Å²) in [4.78, 5) is -0.178. The summed E-state index contributed by atoms with van der Waals surface area (Å²) >= 11 is 2.05. The zero-order valence-corrected chi connectivity index (χ0v) is 19.8. The van der Waals surface area contributed by atoms with Crippen molar-refractivity contribution in [2.75, 3.05) is 0 Å². The van der Waals surface area contributed by atoms with Crippen molar-refractivity contribution in [3.63, 3.8) is 0 Å². The Bertz CT molecular complexity index is 1470. The van der Waals surface area contributed by atoms with Crippen LogP contribution < -0.4 is 22.6 Å². The van der Waals surface area contributed by atoms with Crippen LogP contribution in [0.3, 0.4) is 0 Å². The third-order valence-corrected chi connectivity index (χ3v) is 6.43. The highest BCUT2D eigenvalue weighted by atomic mass is 127. The summed E-state index contributed by atoms with van der Waals surface area (Å²) in [5.74, 6) is 0. The van der Waals surface area contributed by atoms with Crippen molar-refractivity contribution in [3.05, 3.63) is 100 Å². The van der Waals surface area contributed by atoms with Gasteiger partial charge in [0.1, 0.15) is 21.3 Å². The number of rotatable bonds is 2. The number of para-hydroxylation sites is 1. The molecule has 0 spiro atoms. The van der Waals surface area contributed by atoms with E-state index in [1.165, 1.54) is 37.6 Å². The van der Waals surface area contributed by atoms with E-state index in [0.29, 0.717) is 0 Å². The zero-order valence-electron chi connectivity index (χ0n) is 16.6. The predicted octanol–water partition coefficient (Wildman–Crippen LogP) is 2.61. The predicted molar refractivity (Wildman–Crippen MR) is 118 cm³/mol.